The van der Waals surface area contributed by atoms with Crippen molar-refractivity contribution in [1.29, 1.82) is 0 Å². The van der Waals surface area contributed by atoms with E-state index in [0.29, 0.717) is 16.5 Å². The summed E-state index contributed by atoms with van der Waals surface area (Å²) >= 11 is 7.82. The predicted octanol–water partition coefficient (Wildman–Crippen LogP) is 3.18. The number of rotatable bonds is 2. The summed E-state index contributed by atoms with van der Waals surface area (Å²) in [5.74, 6) is 1.38. The quantitative estimate of drug-likeness (QED) is 0.909. The Morgan fingerprint density at radius 3 is 2.76 bits per heavy atom. The number of thiophene rings is 1. The van der Waals surface area contributed by atoms with Gasteiger partial charge in [-0.05, 0) is 23.1 Å². The van der Waals surface area contributed by atoms with Crippen LogP contribution in [0.1, 0.15) is 16.5 Å². The molecule has 1 aliphatic rings. The summed E-state index contributed by atoms with van der Waals surface area (Å²) in [6.45, 7) is 0.239. The highest BCUT2D eigenvalue weighted by Crippen LogP contribution is 2.40. The van der Waals surface area contributed by atoms with Crippen LogP contribution >= 0.6 is 22.9 Å². The summed E-state index contributed by atoms with van der Waals surface area (Å²) in [5.41, 5.74) is 7.04. The maximum absolute atomic E-state index is 6.21. The van der Waals surface area contributed by atoms with Gasteiger partial charge in [0.15, 0.2) is 11.5 Å². The summed E-state index contributed by atoms with van der Waals surface area (Å²) in [5, 5.41) is 2.60. The van der Waals surface area contributed by atoms with Crippen LogP contribution in [0.5, 0.6) is 11.5 Å². The standard InChI is InChI=1S/C12H10ClNO2S/c13-8-5-10-9(15-6-16-10)4-7(8)12(14)11-2-1-3-17-11/h1-5,12H,6,14H2/t12-/m1/s1. The number of ether oxygens (including phenoxy) is 2. The normalized spacial score (nSPS) is 14.9. The van der Waals surface area contributed by atoms with E-state index in [9.17, 15) is 0 Å². The van der Waals surface area contributed by atoms with Gasteiger partial charge in [0.2, 0.25) is 6.79 Å². The van der Waals surface area contributed by atoms with Crippen LogP contribution in [0.25, 0.3) is 0 Å². The predicted molar refractivity (Wildman–Crippen MR) is 67.9 cm³/mol. The van der Waals surface area contributed by atoms with Crippen molar-refractivity contribution in [3.8, 4) is 11.5 Å². The van der Waals surface area contributed by atoms with Crippen LogP contribution in [-0.2, 0) is 0 Å². The molecule has 0 unspecified atom stereocenters. The highest BCUT2D eigenvalue weighted by molar-refractivity contribution is 7.10. The summed E-state index contributed by atoms with van der Waals surface area (Å²) in [6, 6.07) is 7.36. The number of fused-ring (bicyclic) bond motifs is 1. The fourth-order valence-corrected chi connectivity index (χ4v) is 2.81. The molecule has 2 N–H and O–H groups in total. The summed E-state index contributed by atoms with van der Waals surface area (Å²) < 4.78 is 10.6. The van der Waals surface area contributed by atoms with Gasteiger partial charge in [0.1, 0.15) is 0 Å². The molecule has 3 nitrogen and oxygen atoms in total. The molecule has 2 aromatic rings. The van der Waals surface area contributed by atoms with E-state index in [1.807, 2.05) is 23.6 Å². The Hall–Kier alpha value is -1.23. The molecule has 1 aromatic heterocycles. The van der Waals surface area contributed by atoms with Crippen molar-refractivity contribution < 1.29 is 9.47 Å². The van der Waals surface area contributed by atoms with Crippen LogP contribution in [0.3, 0.4) is 0 Å². The van der Waals surface area contributed by atoms with E-state index in [1.165, 1.54) is 0 Å². The van der Waals surface area contributed by atoms with E-state index in [2.05, 4.69) is 0 Å². The molecule has 0 radical (unpaired) electrons. The van der Waals surface area contributed by atoms with Gasteiger partial charge < -0.3 is 15.2 Å². The Balaban J connectivity index is 2.03. The van der Waals surface area contributed by atoms with E-state index >= 15 is 0 Å². The number of hydrogen-bond donors (Lipinski definition) is 1. The third-order valence-electron chi connectivity index (χ3n) is 2.68. The number of benzene rings is 1. The minimum absolute atomic E-state index is 0.225. The van der Waals surface area contributed by atoms with Crippen LogP contribution in [0, 0.1) is 0 Å². The van der Waals surface area contributed by atoms with Crippen molar-refractivity contribution in [2.45, 2.75) is 6.04 Å². The van der Waals surface area contributed by atoms with Crippen LogP contribution in [0.4, 0.5) is 0 Å². The van der Waals surface area contributed by atoms with Crippen molar-refractivity contribution in [3.05, 3.63) is 45.1 Å². The lowest BCUT2D eigenvalue weighted by atomic mass is 10.1. The van der Waals surface area contributed by atoms with Gasteiger partial charge in [0, 0.05) is 16.0 Å². The van der Waals surface area contributed by atoms with Crippen LogP contribution in [0.15, 0.2) is 29.6 Å². The minimum atomic E-state index is -0.225. The first-order valence-electron chi connectivity index (χ1n) is 5.14. The molecule has 1 aliphatic heterocycles. The lowest BCUT2D eigenvalue weighted by Crippen LogP contribution is -2.10. The van der Waals surface area contributed by atoms with E-state index in [0.717, 1.165) is 10.4 Å². The molecular formula is C12H10ClNO2S. The molecule has 1 atom stereocenters. The SMILES string of the molecule is N[C@@H](c1cccs1)c1cc2c(cc1Cl)OCO2. The van der Waals surface area contributed by atoms with Crippen molar-refractivity contribution >= 4 is 22.9 Å². The molecule has 5 heteroatoms. The third kappa shape index (κ3) is 1.88. The first-order chi connectivity index (χ1) is 8.25. The zero-order valence-electron chi connectivity index (χ0n) is 8.85. The average Bonchev–Trinajstić information content (AvgIpc) is 2.97. The second-order valence-corrected chi connectivity index (χ2v) is 5.11. The van der Waals surface area contributed by atoms with Crippen molar-refractivity contribution in [3.63, 3.8) is 0 Å². The van der Waals surface area contributed by atoms with Gasteiger partial charge in [-0.15, -0.1) is 11.3 Å². The molecular weight excluding hydrogens is 258 g/mol. The molecule has 0 amide bonds. The number of hydrogen-bond acceptors (Lipinski definition) is 4. The third-order valence-corrected chi connectivity index (χ3v) is 3.96. The Morgan fingerprint density at radius 1 is 1.29 bits per heavy atom. The summed E-state index contributed by atoms with van der Waals surface area (Å²) in [4.78, 5) is 1.07. The fourth-order valence-electron chi connectivity index (χ4n) is 1.79. The molecule has 1 aromatic carbocycles. The molecule has 0 bridgehead atoms. The number of nitrogens with two attached hydrogens (primary N) is 1. The highest BCUT2D eigenvalue weighted by Gasteiger charge is 2.20. The van der Waals surface area contributed by atoms with Gasteiger partial charge in [-0.3, -0.25) is 0 Å². The van der Waals surface area contributed by atoms with E-state index in [-0.39, 0.29) is 12.8 Å². The van der Waals surface area contributed by atoms with Gasteiger partial charge in [-0.2, -0.15) is 0 Å². The fraction of sp³-hybridized carbons (Fsp3) is 0.167. The zero-order chi connectivity index (χ0) is 11.8. The highest BCUT2D eigenvalue weighted by atomic mass is 35.5. The summed E-state index contributed by atoms with van der Waals surface area (Å²) in [7, 11) is 0. The molecule has 2 heterocycles. The monoisotopic (exact) mass is 267 g/mol. The van der Waals surface area contributed by atoms with Gasteiger partial charge >= 0.3 is 0 Å². The molecule has 88 valence electrons. The average molecular weight is 268 g/mol. The second-order valence-electron chi connectivity index (χ2n) is 3.72. The number of halogens is 1. The summed E-state index contributed by atoms with van der Waals surface area (Å²) in [6.07, 6.45) is 0. The lowest BCUT2D eigenvalue weighted by molar-refractivity contribution is 0.174. The van der Waals surface area contributed by atoms with Gasteiger partial charge in [-0.1, -0.05) is 17.7 Å². The van der Waals surface area contributed by atoms with Crippen molar-refractivity contribution in [2.75, 3.05) is 6.79 Å². The topological polar surface area (TPSA) is 44.5 Å². The molecule has 0 spiro atoms. The maximum Gasteiger partial charge on any atom is 0.231 e. The largest absolute Gasteiger partial charge is 0.454 e. The van der Waals surface area contributed by atoms with Crippen molar-refractivity contribution in [2.24, 2.45) is 5.73 Å². The molecule has 3 rings (SSSR count). The van der Waals surface area contributed by atoms with Crippen LogP contribution in [-0.4, -0.2) is 6.79 Å². The first kappa shape index (κ1) is 10.9. The molecule has 0 aliphatic carbocycles. The van der Waals surface area contributed by atoms with Crippen LogP contribution < -0.4 is 15.2 Å². The Kier molecular flexibility index (Phi) is 2.70. The minimum Gasteiger partial charge on any atom is -0.454 e. The van der Waals surface area contributed by atoms with E-state index < -0.39 is 0 Å². The van der Waals surface area contributed by atoms with Crippen molar-refractivity contribution in [1.82, 2.24) is 0 Å². The van der Waals surface area contributed by atoms with Gasteiger partial charge in [0.05, 0.1) is 6.04 Å². The molecule has 0 fully saturated rings. The Labute approximate surface area is 108 Å². The molecule has 17 heavy (non-hydrogen) atoms. The molecule has 0 saturated carbocycles. The first-order valence-corrected chi connectivity index (χ1v) is 6.39. The Morgan fingerprint density at radius 2 is 2.06 bits per heavy atom. The van der Waals surface area contributed by atoms with E-state index in [4.69, 9.17) is 26.8 Å². The lowest BCUT2D eigenvalue weighted by Gasteiger charge is -2.12. The maximum atomic E-state index is 6.21. The second kappa shape index (κ2) is 4.22. The smallest absolute Gasteiger partial charge is 0.231 e. The zero-order valence-corrected chi connectivity index (χ0v) is 10.4. The van der Waals surface area contributed by atoms with E-state index in [1.54, 1.807) is 17.4 Å². The van der Waals surface area contributed by atoms with Gasteiger partial charge in [0.25, 0.3) is 0 Å². The van der Waals surface area contributed by atoms with Gasteiger partial charge in [-0.25, -0.2) is 0 Å². The Bertz CT molecular complexity index is 542. The molecule has 0 saturated heterocycles. The van der Waals surface area contributed by atoms with Crippen LogP contribution in [0.2, 0.25) is 5.02 Å².